The molecule has 2 aromatic heterocycles. The fourth-order valence-electron chi connectivity index (χ4n) is 3.36. The molecule has 2 heterocycles. The van der Waals surface area contributed by atoms with E-state index in [-0.39, 0.29) is 5.91 Å². The standard InChI is InChI=1S/C22H16Cl2N6O/c1-11-15-5-4-14(10-19(15)30-29-11)25-21(31)12-2-6-18-20(8-12)28-22(27-18)26-17-7-3-13(23)9-16(17)24/h2-10H,1H3,(H,25,31)(H,29,30)(H2,26,27,28). The van der Waals surface area contributed by atoms with Gasteiger partial charge >= 0.3 is 0 Å². The van der Waals surface area contributed by atoms with Crippen molar-refractivity contribution in [1.82, 2.24) is 20.2 Å². The number of fused-ring (bicyclic) bond motifs is 2. The van der Waals surface area contributed by atoms with Gasteiger partial charge in [-0.15, -0.1) is 0 Å². The van der Waals surface area contributed by atoms with E-state index in [1.54, 1.807) is 36.4 Å². The Morgan fingerprint density at radius 2 is 1.87 bits per heavy atom. The number of imidazole rings is 1. The number of rotatable bonds is 4. The Kier molecular flexibility index (Phi) is 4.77. The van der Waals surface area contributed by atoms with Crippen molar-refractivity contribution in [3.63, 3.8) is 0 Å². The lowest BCUT2D eigenvalue weighted by Crippen LogP contribution is -2.11. The largest absolute Gasteiger partial charge is 0.324 e. The number of benzene rings is 3. The van der Waals surface area contributed by atoms with E-state index in [0.29, 0.717) is 32.9 Å². The fraction of sp³-hybridized carbons (Fsp3) is 0.0455. The van der Waals surface area contributed by atoms with Crippen LogP contribution in [0, 0.1) is 6.92 Å². The summed E-state index contributed by atoms with van der Waals surface area (Å²) >= 11 is 12.2. The molecule has 0 aliphatic carbocycles. The van der Waals surface area contributed by atoms with E-state index < -0.39 is 0 Å². The molecule has 1 amide bonds. The smallest absolute Gasteiger partial charge is 0.255 e. The van der Waals surface area contributed by atoms with E-state index >= 15 is 0 Å². The van der Waals surface area contributed by atoms with Gasteiger partial charge in [0.05, 0.1) is 27.3 Å². The van der Waals surface area contributed by atoms with Crippen LogP contribution < -0.4 is 10.6 Å². The number of amides is 1. The lowest BCUT2D eigenvalue weighted by Gasteiger charge is -2.05. The molecule has 0 aliphatic rings. The van der Waals surface area contributed by atoms with Crippen LogP contribution in [0.2, 0.25) is 10.0 Å². The summed E-state index contributed by atoms with van der Waals surface area (Å²) in [5.74, 6) is 0.287. The summed E-state index contributed by atoms with van der Waals surface area (Å²) in [5, 5.41) is 15.3. The summed E-state index contributed by atoms with van der Waals surface area (Å²) < 4.78 is 0. The zero-order chi connectivity index (χ0) is 21.5. The van der Waals surface area contributed by atoms with Gasteiger partial charge in [0.1, 0.15) is 0 Å². The van der Waals surface area contributed by atoms with Crippen LogP contribution in [0.5, 0.6) is 0 Å². The van der Waals surface area contributed by atoms with Crippen molar-refractivity contribution < 1.29 is 4.79 Å². The van der Waals surface area contributed by atoms with Gasteiger partial charge in [0.2, 0.25) is 5.95 Å². The van der Waals surface area contributed by atoms with Crippen LogP contribution in [0.1, 0.15) is 16.1 Å². The number of aryl methyl sites for hydroxylation is 1. The minimum absolute atomic E-state index is 0.224. The molecule has 0 radical (unpaired) electrons. The van der Waals surface area contributed by atoms with Crippen molar-refractivity contribution in [2.45, 2.75) is 6.92 Å². The molecular formula is C22H16Cl2N6O. The molecule has 154 valence electrons. The molecule has 4 N–H and O–H groups in total. The van der Waals surface area contributed by atoms with Crippen LogP contribution in [0.3, 0.4) is 0 Å². The molecule has 0 saturated carbocycles. The van der Waals surface area contributed by atoms with Gasteiger partial charge < -0.3 is 15.6 Å². The Balaban J connectivity index is 1.37. The number of carbonyl (C=O) groups is 1. The van der Waals surface area contributed by atoms with Crippen LogP contribution in [0.4, 0.5) is 17.3 Å². The van der Waals surface area contributed by atoms with Crippen molar-refractivity contribution in [1.29, 1.82) is 0 Å². The lowest BCUT2D eigenvalue weighted by molar-refractivity contribution is 0.102. The van der Waals surface area contributed by atoms with Crippen LogP contribution in [-0.4, -0.2) is 26.1 Å². The third-order valence-corrected chi connectivity index (χ3v) is 5.48. The summed E-state index contributed by atoms with van der Waals surface area (Å²) in [5.41, 5.74) is 5.08. The number of anilines is 3. The number of halogens is 2. The molecule has 0 fully saturated rings. The molecule has 0 bridgehead atoms. The number of H-pyrrole nitrogens is 2. The molecule has 5 aromatic rings. The van der Waals surface area contributed by atoms with Crippen LogP contribution in [0.25, 0.3) is 21.9 Å². The Bertz CT molecular complexity index is 1460. The van der Waals surface area contributed by atoms with Crippen molar-refractivity contribution in [3.05, 3.63) is 75.9 Å². The van der Waals surface area contributed by atoms with E-state index in [1.165, 1.54) is 0 Å². The normalized spacial score (nSPS) is 11.2. The second-order valence-corrected chi connectivity index (χ2v) is 7.94. The Hall–Kier alpha value is -3.55. The van der Waals surface area contributed by atoms with Gasteiger partial charge in [-0.3, -0.25) is 9.89 Å². The first kappa shape index (κ1) is 19.4. The molecule has 31 heavy (non-hydrogen) atoms. The molecular weight excluding hydrogens is 435 g/mol. The monoisotopic (exact) mass is 450 g/mol. The van der Waals surface area contributed by atoms with E-state index in [4.69, 9.17) is 23.2 Å². The third kappa shape index (κ3) is 3.81. The maximum absolute atomic E-state index is 12.8. The molecule has 3 aromatic carbocycles. The Morgan fingerprint density at radius 3 is 2.71 bits per heavy atom. The number of nitrogens with zero attached hydrogens (tertiary/aromatic N) is 2. The summed E-state index contributed by atoms with van der Waals surface area (Å²) in [4.78, 5) is 20.4. The minimum atomic E-state index is -0.224. The van der Waals surface area contributed by atoms with E-state index in [2.05, 4.69) is 30.8 Å². The fourth-order valence-corrected chi connectivity index (χ4v) is 3.81. The minimum Gasteiger partial charge on any atom is -0.324 e. The zero-order valence-corrected chi connectivity index (χ0v) is 17.8. The van der Waals surface area contributed by atoms with Gasteiger partial charge in [0.25, 0.3) is 5.91 Å². The Labute approximate surface area is 186 Å². The maximum Gasteiger partial charge on any atom is 0.255 e. The molecule has 0 unspecified atom stereocenters. The average molecular weight is 451 g/mol. The van der Waals surface area contributed by atoms with Crippen molar-refractivity contribution in [3.8, 4) is 0 Å². The number of carbonyl (C=O) groups excluding carboxylic acids is 1. The highest BCUT2D eigenvalue weighted by molar-refractivity contribution is 6.36. The van der Waals surface area contributed by atoms with Gasteiger partial charge in [-0.1, -0.05) is 23.2 Å². The molecule has 0 aliphatic heterocycles. The van der Waals surface area contributed by atoms with Gasteiger partial charge in [0.15, 0.2) is 0 Å². The highest BCUT2D eigenvalue weighted by atomic mass is 35.5. The van der Waals surface area contributed by atoms with Crippen LogP contribution in [-0.2, 0) is 0 Å². The SMILES string of the molecule is Cc1[nH]nc2cc(NC(=O)c3ccc4nc(Nc5ccc(Cl)cc5Cl)[nH]c4c3)ccc12. The molecule has 9 heteroatoms. The number of aromatic nitrogens is 4. The van der Waals surface area contributed by atoms with E-state index in [9.17, 15) is 4.79 Å². The third-order valence-electron chi connectivity index (χ3n) is 4.93. The van der Waals surface area contributed by atoms with E-state index in [0.717, 1.165) is 27.6 Å². The molecule has 0 atom stereocenters. The number of aromatic amines is 2. The Morgan fingerprint density at radius 1 is 1.00 bits per heavy atom. The average Bonchev–Trinajstić information content (AvgIpc) is 3.32. The summed E-state index contributed by atoms with van der Waals surface area (Å²) in [7, 11) is 0. The topological polar surface area (TPSA) is 98.5 Å². The summed E-state index contributed by atoms with van der Waals surface area (Å²) in [6.07, 6.45) is 0. The second-order valence-electron chi connectivity index (χ2n) is 7.10. The van der Waals surface area contributed by atoms with Crippen LogP contribution >= 0.6 is 23.2 Å². The summed E-state index contributed by atoms with van der Waals surface area (Å²) in [6, 6.07) is 16.1. The van der Waals surface area contributed by atoms with Crippen molar-refractivity contribution in [2.24, 2.45) is 0 Å². The van der Waals surface area contributed by atoms with Gasteiger partial charge in [-0.25, -0.2) is 4.98 Å². The molecule has 0 spiro atoms. The predicted molar refractivity (Wildman–Crippen MR) is 125 cm³/mol. The number of hydrogen-bond donors (Lipinski definition) is 4. The second kappa shape index (κ2) is 7.61. The number of hydrogen-bond acceptors (Lipinski definition) is 4. The van der Waals surface area contributed by atoms with Gasteiger partial charge in [-0.2, -0.15) is 5.10 Å². The number of nitrogens with one attached hydrogen (secondary N) is 4. The maximum atomic E-state index is 12.8. The first-order valence-electron chi connectivity index (χ1n) is 9.44. The highest BCUT2D eigenvalue weighted by Gasteiger charge is 2.12. The molecule has 0 saturated heterocycles. The molecule has 5 rings (SSSR count). The van der Waals surface area contributed by atoms with E-state index in [1.807, 2.05) is 25.1 Å². The first-order valence-corrected chi connectivity index (χ1v) is 10.2. The molecule has 7 nitrogen and oxygen atoms in total. The van der Waals surface area contributed by atoms with Crippen molar-refractivity contribution in [2.75, 3.05) is 10.6 Å². The quantitative estimate of drug-likeness (QED) is 0.267. The van der Waals surface area contributed by atoms with Gasteiger partial charge in [-0.05, 0) is 61.5 Å². The first-order chi connectivity index (χ1) is 15.0. The zero-order valence-electron chi connectivity index (χ0n) is 16.3. The predicted octanol–water partition coefficient (Wildman–Crippen LogP) is 6.05. The lowest BCUT2D eigenvalue weighted by atomic mass is 10.1. The summed E-state index contributed by atoms with van der Waals surface area (Å²) in [6.45, 7) is 1.96. The highest BCUT2D eigenvalue weighted by Crippen LogP contribution is 2.28. The van der Waals surface area contributed by atoms with Crippen molar-refractivity contribution >= 4 is 68.4 Å². The van der Waals surface area contributed by atoms with Gasteiger partial charge in [0, 0.05) is 27.4 Å². The van der Waals surface area contributed by atoms with Crippen LogP contribution in [0.15, 0.2) is 54.6 Å².